The number of H-pyrrole nitrogens is 1. The van der Waals surface area contributed by atoms with Crippen LogP contribution in [0.15, 0.2) is 36.4 Å². The van der Waals surface area contributed by atoms with Gasteiger partial charge in [-0.2, -0.15) is 0 Å². The summed E-state index contributed by atoms with van der Waals surface area (Å²) in [6.07, 6.45) is 4.00. The van der Waals surface area contributed by atoms with Crippen LogP contribution >= 0.6 is 22.9 Å². The quantitative estimate of drug-likeness (QED) is 0.362. The van der Waals surface area contributed by atoms with Crippen molar-refractivity contribution in [2.75, 3.05) is 5.32 Å². The van der Waals surface area contributed by atoms with Crippen LogP contribution in [0.1, 0.15) is 33.6 Å². The van der Waals surface area contributed by atoms with Gasteiger partial charge in [0.15, 0.2) is 11.6 Å². The van der Waals surface area contributed by atoms with E-state index in [0.717, 1.165) is 54.4 Å². The van der Waals surface area contributed by atoms with Gasteiger partial charge >= 0.3 is 0 Å². The second-order valence-electron chi connectivity index (χ2n) is 7.22. The number of aryl methyl sites for hydroxylation is 1. The molecule has 2 N–H and O–H groups in total. The monoisotopic (exact) mass is 443 g/mol. The zero-order valence-corrected chi connectivity index (χ0v) is 17.3. The van der Waals surface area contributed by atoms with Crippen LogP contribution in [0.5, 0.6) is 0 Å². The van der Waals surface area contributed by atoms with Crippen LogP contribution < -0.4 is 5.32 Å². The molecule has 0 unspecified atom stereocenters. The van der Waals surface area contributed by atoms with Crippen LogP contribution in [0.2, 0.25) is 5.02 Å². The third kappa shape index (κ3) is 3.28. The smallest absolute Gasteiger partial charge is 0.257 e. The molecule has 152 valence electrons. The molecule has 0 aliphatic heterocycles. The highest BCUT2D eigenvalue weighted by atomic mass is 35.5. The summed E-state index contributed by atoms with van der Waals surface area (Å²) in [5, 5.41) is 3.35. The van der Waals surface area contributed by atoms with Gasteiger partial charge in [-0.05, 0) is 55.5 Å². The Morgan fingerprint density at radius 2 is 1.90 bits per heavy atom. The van der Waals surface area contributed by atoms with E-state index in [1.54, 1.807) is 0 Å². The van der Waals surface area contributed by atoms with Crippen LogP contribution in [0.25, 0.3) is 22.4 Å². The number of imidazole rings is 1. The number of nitrogens with one attached hydrogen (secondary N) is 2. The molecule has 0 fully saturated rings. The van der Waals surface area contributed by atoms with Crippen molar-refractivity contribution in [1.82, 2.24) is 9.97 Å². The molecule has 0 atom stereocenters. The van der Waals surface area contributed by atoms with Gasteiger partial charge in [0.2, 0.25) is 0 Å². The summed E-state index contributed by atoms with van der Waals surface area (Å²) in [5.74, 6) is -2.12. The maximum Gasteiger partial charge on any atom is 0.257 e. The first-order chi connectivity index (χ1) is 14.5. The minimum atomic E-state index is -1.12. The minimum absolute atomic E-state index is 0.113. The normalized spacial score (nSPS) is 13.4. The predicted octanol–water partition coefficient (Wildman–Crippen LogP) is 6.35. The van der Waals surface area contributed by atoms with Crippen molar-refractivity contribution in [2.24, 2.45) is 0 Å². The second kappa shape index (κ2) is 7.49. The average Bonchev–Trinajstić information content (AvgIpc) is 3.30. The molecule has 2 heterocycles. The second-order valence-corrected chi connectivity index (χ2v) is 8.73. The Morgan fingerprint density at radius 3 is 2.73 bits per heavy atom. The number of aromatic nitrogens is 2. The first kappa shape index (κ1) is 19.2. The molecule has 0 saturated carbocycles. The molecule has 0 bridgehead atoms. The highest BCUT2D eigenvalue weighted by molar-refractivity contribution is 7.17. The standard InChI is InChI=1S/C22H16ClF2N3OS/c23-13-10-15(25)14(24)9-12(13)21(29)28-22-19(11-5-1-4-8-18(11)30-22)20-26-16-6-2-3-7-17(16)27-20/h2-3,6-7,9-10H,1,4-5,8H2,(H,26,27)(H,28,29). The van der Waals surface area contributed by atoms with E-state index >= 15 is 0 Å². The lowest BCUT2D eigenvalue weighted by Gasteiger charge is -2.12. The number of thiophene rings is 1. The van der Waals surface area contributed by atoms with Gasteiger partial charge in [-0.15, -0.1) is 11.3 Å². The molecule has 8 heteroatoms. The molecule has 4 aromatic rings. The van der Waals surface area contributed by atoms with Gasteiger partial charge < -0.3 is 10.3 Å². The Labute approximate surface area is 179 Å². The van der Waals surface area contributed by atoms with Crippen LogP contribution in [0.3, 0.4) is 0 Å². The maximum atomic E-state index is 13.7. The van der Waals surface area contributed by atoms with Crippen molar-refractivity contribution in [1.29, 1.82) is 0 Å². The Morgan fingerprint density at radius 1 is 1.13 bits per heavy atom. The fraction of sp³-hybridized carbons (Fsp3) is 0.182. The molecular weight excluding hydrogens is 428 g/mol. The molecule has 4 nitrogen and oxygen atoms in total. The number of para-hydroxylation sites is 2. The van der Waals surface area contributed by atoms with E-state index < -0.39 is 17.5 Å². The number of hydrogen-bond donors (Lipinski definition) is 2. The van der Waals surface area contributed by atoms with Gasteiger partial charge in [0, 0.05) is 4.88 Å². The highest BCUT2D eigenvalue weighted by Crippen LogP contribution is 2.44. The first-order valence-electron chi connectivity index (χ1n) is 9.57. The Balaban J connectivity index is 1.59. The molecule has 1 aliphatic rings. The van der Waals surface area contributed by atoms with E-state index in [1.165, 1.54) is 21.8 Å². The van der Waals surface area contributed by atoms with E-state index in [1.807, 2.05) is 24.3 Å². The fourth-order valence-corrected chi connectivity index (χ4v) is 5.36. The number of amides is 1. The number of rotatable bonds is 3. The number of hydrogen-bond acceptors (Lipinski definition) is 3. The number of benzene rings is 2. The molecule has 30 heavy (non-hydrogen) atoms. The summed E-state index contributed by atoms with van der Waals surface area (Å²) in [6, 6.07) is 9.36. The average molecular weight is 444 g/mol. The SMILES string of the molecule is O=C(Nc1sc2c(c1-c1nc3ccccc3[nH]1)CCCC2)c1cc(F)c(F)cc1Cl. The van der Waals surface area contributed by atoms with E-state index in [2.05, 4.69) is 10.3 Å². The molecule has 1 amide bonds. The number of fused-ring (bicyclic) bond motifs is 2. The topological polar surface area (TPSA) is 57.8 Å². The van der Waals surface area contributed by atoms with E-state index in [9.17, 15) is 13.6 Å². The zero-order chi connectivity index (χ0) is 20.8. The Bertz CT molecular complexity index is 1260. The van der Waals surface area contributed by atoms with Crippen LogP contribution in [-0.4, -0.2) is 15.9 Å². The van der Waals surface area contributed by atoms with Crippen molar-refractivity contribution < 1.29 is 13.6 Å². The van der Waals surface area contributed by atoms with Gasteiger partial charge in [0.1, 0.15) is 10.8 Å². The molecular formula is C22H16ClF2N3OS. The number of aromatic amines is 1. The Kier molecular flexibility index (Phi) is 4.79. The van der Waals surface area contributed by atoms with E-state index in [0.29, 0.717) is 10.8 Å². The lowest BCUT2D eigenvalue weighted by atomic mass is 9.95. The molecule has 0 spiro atoms. The van der Waals surface area contributed by atoms with Gasteiger partial charge in [-0.3, -0.25) is 4.79 Å². The summed E-state index contributed by atoms with van der Waals surface area (Å²) in [6.45, 7) is 0. The highest BCUT2D eigenvalue weighted by Gasteiger charge is 2.26. The lowest BCUT2D eigenvalue weighted by Crippen LogP contribution is -2.13. The number of anilines is 1. The molecule has 0 saturated heterocycles. The largest absolute Gasteiger partial charge is 0.338 e. The van der Waals surface area contributed by atoms with Crippen molar-refractivity contribution in [3.63, 3.8) is 0 Å². The van der Waals surface area contributed by atoms with Crippen molar-refractivity contribution in [3.05, 3.63) is 69.1 Å². The molecule has 1 aliphatic carbocycles. The van der Waals surface area contributed by atoms with E-state index in [4.69, 9.17) is 16.6 Å². The van der Waals surface area contributed by atoms with Gasteiger partial charge in [-0.25, -0.2) is 13.8 Å². The minimum Gasteiger partial charge on any atom is -0.338 e. The zero-order valence-electron chi connectivity index (χ0n) is 15.7. The van der Waals surface area contributed by atoms with Crippen molar-refractivity contribution >= 4 is 44.9 Å². The van der Waals surface area contributed by atoms with Gasteiger partial charge in [-0.1, -0.05) is 23.7 Å². The number of carbonyl (C=O) groups excluding carboxylic acids is 1. The summed E-state index contributed by atoms with van der Waals surface area (Å²) in [5.41, 5.74) is 3.67. The maximum absolute atomic E-state index is 13.7. The lowest BCUT2D eigenvalue weighted by molar-refractivity contribution is 0.102. The van der Waals surface area contributed by atoms with Crippen LogP contribution in [0, 0.1) is 11.6 Å². The number of carbonyl (C=O) groups is 1. The fourth-order valence-electron chi connectivity index (χ4n) is 3.84. The van der Waals surface area contributed by atoms with Crippen LogP contribution in [-0.2, 0) is 12.8 Å². The van der Waals surface area contributed by atoms with E-state index in [-0.39, 0.29) is 10.6 Å². The number of halogens is 3. The number of nitrogens with zero attached hydrogens (tertiary/aromatic N) is 1. The summed E-state index contributed by atoms with van der Waals surface area (Å²) in [7, 11) is 0. The van der Waals surface area contributed by atoms with Crippen molar-refractivity contribution in [3.8, 4) is 11.4 Å². The first-order valence-corrected chi connectivity index (χ1v) is 10.8. The summed E-state index contributed by atoms with van der Waals surface area (Å²) in [4.78, 5) is 22.1. The molecule has 5 rings (SSSR count). The van der Waals surface area contributed by atoms with Gasteiger partial charge in [0.05, 0.1) is 27.2 Å². The third-order valence-corrected chi connectivity index (χ3v) is 6.80. The molecule has 2 aromatic heterocycles. The summed E-state index contributed by atoms with van der Waals surface area (Å²) < 4.78 is 27.1. The summed E-state index contributed by atoms with van der Waals surface area (Å²) >= 11 is 7.49. The Hall–Kier alpha value is -2.77. The van der Waals surface area contributed by atoms with Gasteiger partial charge in [0.25, 0.3) is 5.91 Å². The van der Waals surface area contributed by atoms with Crippen molar-refractivity contribution in [2.45, 2.75) is 25.7 Å². The predicted molar refractivity (Wildman–Crippen MR) is 115 cm³/mol. The molecule has 0 radical (unpaired) electrons. The third-order valence-electron chi connectivity index (χ3n) is 5.28. The van der Waals surface area contributed by atoms with Crippen LogP contribution in [0.4, 0.5) is 13.8 Å². The molecule has 2 aromatic carbocycles.